The molecule has 0 amide bonds. The van der Waals surface area contributed by atoms with Crippen LogP contribution in [0.25, 0.3) is 11.5 Å². The van der Waals surface area contributed by atoms with Crippen LogP contribution in [0.5, 0.6) is 0 Å². The Labute approximate surface area is 128 Å². The summed E-state index contributed by atoms with van der Waals surface area (Å²) in [6.45, 7) is 5.00. The SMILES string of the molecule is Cc1noc(-c2ccccc2C(=O)O[C@@H](C)[C@@H]2CCOC2)n1. The Balaban J connectivity index is 1.80. The van der Waals surface area contributed by atoms with E-state index in [2.05, 4.69) is 10.1 Å². The number of aromatic nitrogens is 2. The summed E-state index contributed by atoms with van der Waals surface area (Å²) in [6, 6.07) is 7.08. The Bertz CT molecular complexity index is 662. The number of nitrogens with zero attached hydrogens (tertiary/aromatic N) is 2. The molecule has 1 aromatic heterocycles. The number of hydrogen-bond donors (Lipinski definition) is 0. The average molecular weight is 302 g/mol. The molecule has 0 saturated carbocycles. The van der Waals surface area contributed by atoms with Crippen LogP contribution in [-0.2, 0) is 9.47 Å². The van der Waals surface area contributed by atoms with Crippen molar-refractivity contribution in [2.75, 3.05) is 13.2 Å². The molecule has 0 bridgehead atoms. The lowest BCUT2D eigenvalue weighted by Gasteiger charge is -2.18. The smallest absolute Gasteiger partial charge is 0.339 e. The number of carbonyl (C=O) groups excluding carboxylic acids is 1. The van der Waals surface area contributed by atoms with Gasteiger partial charge in [0.2, 0.25) is 0 Å². The minimum atomic E-state index is -0.383. The van der Waals surface area contributed by atoms with Crippen molar-refractivity contribution >= 4 is 5.97 Å². The first-order valence-electron chi connectivity index (χ1n) is 7.33. The fourth-order valence-corrected chi connectivity index (χ4v) is 2.51. The molecule has 1 fully saturated rings. The second-order valence-electron chi connectivity index (χ2n) is 5.43. The molecular weight excluding hydrogens is 284 g/mol. The van der Waals surface area contributed by atoms with Gasteiger partial charge in [-0.05, 0) is 32.4 Å². The van der Waals surface area contributed by atoms with Gasteiger partial charge in [-0.25, -0.2) is 4.79 Å². The number of rotatable bonds is 4. The zero-order chi connectivity index (χ0) is 15.5. The van der Waals surface area contributed by atoms with Gasteiger partial charge < -0.3 is 14.0 Å². The number of esters is 1. The highest BCUT2D eigenvalue weighted by Crippen LogP contribution is 2.25. The van der Waals surface area contributed by atoms with E-state index in [1.807, 2.05) is 13.0 Å². The molecule has 0 N–H and O–H groups in total. The first-order valence-corrected chi connectivity index (χ1v) is 7.33. The maximum Gasteiger partial charge on any atom is 0.339 e. The molecule has 6 nitrogen and oxygen atoms in total. The molecule has 1 aliphatic heterocycles. The van der Waals surface area contributed by atoms with Gasteiger partial charge in [-0.1, -0.05) is 17.3 Å². The number of aryl methyl sites for hydroxylation is 1. The van der Waals surface area contributed by atoms with Crippen LogP contribution in [0.2, 0.25) is 0 Å². The number of carbonyl (C=O) groups is 1. The Hall–Kier alpha value is -2.21. The molecule has 3 rings (SSSR count). The van der Waals surface area contributed by atoms with E-state index in [-0.39, 0.29) is 18.0 Å². The van der Waals surface area contributed by atoms with Crippen molar-refractivity contribution in [1.29, 1.82) is 0 Å². The van der Waals surface area contributed by atoms with E-state index in [0.717, 1.165) is 13.0 Å². The number of hydrogen-bond acceptors (Lipinski definition) is 6. The summed E-state index contributed by atoms with van der Waals surface area (Å²) in [4.78, 5) is 16.6. The van der Waals surface area contributed by atoms with Gasteiger partial charge >= 0.3 is 5.97 Å². The van der Waals surface area contributed by atoms with Crippen LogP contribution < -0.4 is 0 Å². The first-order chi connectivity index (χ1) is 10.6. The second kappa shape index (κ2) is 6.27. The van der Waals surface area contributed by atoms with E-state index in [4.69, 9.17) is 14.0 Å². The van der Waals surface area contributed by atoms with Crippen LogP contribution in [0.1, 0.15) is 29.5 Å². The van der Waals surface area contributed by atoms with Crippen LogP contribution in [-0.4, -0.2) is 35.4 Å². The predicted octanol–water partition coefficient (Wildman–Crippen LogP) is 2.63. The highest BCUT2D eigenvalue weighted by molar-refractivity contribution is 5.96. The molecule has 2 atom stereocenters. The Morgan fingerprint density at radius 3 is 2.91 bits per heavy atom. The molecule has 0 aliphatic carbocycles. The zero-order valence-electron chi connectivity index (χ0n) is 12.6. The molecule has 0 spiro atoms. The zero-order valence-corrected chi connectivity index (χ0v) is 12.6. The molecule has 0 unspecified atom stereocenters. The second-order valence-corrected chi connectivity index (χ2v) is 5.43. The molecule has 1 aliphatic rings. The highest BCUT2D eigenvalue weighted by atomic mass is 16.5. The summed E-state index contributed by atoms with van der Waals surface area (Å²) in [5.74, 6) is 0.712. The normalized spacial score (nSPS) is 19.1. The Kier molecular flexibility index (Phi) is 4.20. The average Bonchev–Trinajstić information content (AvgIpc) is 3.18. The van der Waals surface area contributed by atoms with Gasteiger partial charge in [-0.15, -0.1) is 0 Å². The number of benzene rings is 1. The van der Waals surface area contributed by atoms with Gasteiger partial charge in [-0.2, -0.15) is 4.98 Å². The molecular formula is C16H18N2O4. The van der Waals surface area contributed by atoms with Gasteiger partial charge in [0.25, 0.3) is 5.89 Å². The van der Waals surface area contributed by atoms with Crippen molar-refractivity contribution in [2.24, 2.45) is 5.92 Å². The maximum atomic E-state index is 12.5. The van der Waals surface area contributed by atoms with Crippen LogP contribution in [0.3, 0.4) is 0 Å². The molecule has 22 heavy (non-hydrogen) atoms. The lowest BCUT2D eigenvalue weighted by molar-refractivity contribution is 0.0180. The van der Waals surface area contributed by atoms with E-state index in [1.165, 1.54) is 0 Å². The van der Waals surface area contributed by atoms with E-state index in [0.29, 0.717) is 29.4 Å². The molecule has 0 radical (unpaired) electrons. The third-order valence-corrected chi connectivity index (χ3v) is 3.83. The highest BCUT2D eigenvalue weighted by Gasteiger charge is 2.27. The van der Waals surface area contributed by atoms with E-state index in [1.54, 1.807) is 25.1 Å². The molecule has 2 heterocycles. The molecule has 116 valence electrons. The van der Waals surface area contributed by atoms with Crippen molar-refractivity contribution in [2.45, 2.75) is 26.4 Å². The van der Waals surface area contributed by atoms with Crippen LogP contribution >= 0.6 is 0 Å². The summed E-state index contributed by atoms with van der Waals surface area (Å²) in [6.07, 6.45) is 0.728. The fraction of sp³-hybridized carbons (Fsp3) is 0.438. The summed E-state index contributed by atoms with van der Waals surface area (Å²) >= 11 is 0. The first kappa shape index (κ1) is 14.7. The lowest BCUT2D eigenvalue weighted by Crippen LogP contribution is -2.24. The quantitative estimate of drug-likeness (QED) is 0.808. The van der Waals surface area contributed by atoms with Gasteiger partial charge in [0.15, 0.2) is 5.82 Å². The van der Waals surface area contributed by atoms with Gasteiger partial charge in [0, 0.05) is 12.5 Å². The largest absolute Gasteiger partial charge is 0.459 e. The third-order valence-electron chi connectivity index (χ3n) is 3.83. The maximum absolute atomic E-state index is 12.5. The van der Waals surface area contributed by atoms with E-state index < -0.39 is 0 Å². The van der Waals surface area contributed by atoms with Crippen LogP contribution in [0.4, 0.5) is 0 Å². The fourth-order valence-electron chi connectivity index (χ4n) is 2.51. The van der Waals surface area contributed by atoms with Gasteiger partial charge in [-0.3, -0.25) is 0 Å². The minimum Gasteiger partial charge on any atom is -0.459 e. The molecule has 2 aromatic rings. The monoisotopic (exact) mass is 302 g/mol. The number of ether oxygens (including phenoxy) is 2. The third kappa shape index (κ3) is 3.01. The topological polar surface area (TPSA) is 74.5 Å². The van der Waals surface area contributed by atoms with E-state index in [9.17, 15) is 4.79 Å². The predicted molar refractivity (Wildman–Crippen MR) is 78.3 cm³/mol. The molecule has 6 heteroatoms. The molecule has 1 saturated heterocycles. The van der Waals surface area contributed by atoms with Gasteiger partial charge in [0.05, 0.1) is 17.7 Å². The van der Waals surface area contributed by atoms with E-state index >= 15 is 0 Å². The summed E-state index contributed by atoms with van der Waals surface area (Å²) in [7, 11) is 0. The van der Waals surface area contributed by atoms with Crippen molar-refractivity contribution in [3.8, 4) is 11.5 Å². The summed E-state index contributed by atoms with van der Waals surface area (Å²) < 4.78 is 16.1. The van der Waals surface area contributed by atoms with Gasteiger partial charge in [0.1, 0.15) is 6.10 Å². The summed E-state index contributed by atoms with van der Waals surface area (Å²) in [5, 5.41) is 3.76. The van der Waals surface area contributed by atoms with Crippen LogP contribution in [0, 0.1) is 12.8 Å². The van der Waals surface area contributed by atoms with Crippen LogP contribution in [0.15, 0.2) is 28.8 Å². The lowest BCUT2D eigenvalue weighted by atomic mass is 10.0. The standard InChI is InChI=1S/C16H18N2O4/c1-10(12-7-8-20-9-12)21-16(19)14-6-4-3-5-13(14)15-17-11(2)18-22-15/h3-6,10,12H,7-9H2,1-2H3/t10-,12+/m0/s1. The Morgan fingerprint density at radius 2 is 2.23 bits per heavy atom. The van der Waals surface area contributed by atoms with Crippen molar-refractivity contribution in [3.05, 3.63) is 35.7 Å². The summed E-state index contributed by atoms with van der Waals surface area (Å²) in [5.41, 5.74) is 1.01. The van der Waals surface area contributed by atoms with Crippen molar-refractivity contribution in [1.82, 2.24) is 10.1 Å². The van der Waals surface area contributed by atoms with Crippen molar-refractivity contribution in [3.63, 3.8) is 0 Å². The Morgan fingerprint density at radius 1 is 1.41 bits per heavy atom. The minimum absolute atomic E-state index is 0.188. The molecule has 1 aromatic carbocycles. The van der Waals surface area contributed by atoms with Crippen molar-refractivity contribution < 1.29 is 18.8 Å².